The van der Waals surface area contributed by atoms with Crippen LogP contribution in [0.15, 0.2) is 36.4 Å². The standard InChI is InChI=1S/C27H29F6N3O2/c1-15-5-6-21(16(2)11-15)24-22-7-8-23(37)35(22)9-10-36(24)25(38)34(4)17(3)18-12-19(26(28,29)30)14-20(13-18)27(31,32)33/h5-6,11-14,17,22,24H,7-10H2,1-4H3/t17-,22+,24+/m1/s1. The number of carbonyl (C=O) groups excluding carboxylic acids is 2. The van der Waals surface area contributed by atoms with Gasteiger partial charge in [0.05, 0.1) is 29.3 Å². The number of nitrogens with zero attached hydrogens (tertiary/aromatic N) is 3. The van der Waals surface area contributed by atoms with Crippen molar-refractivity contribution in [2.24, 2.45) is 0 Å². The van der Waals surface area contributed by atoms with Gasteiger partial charge in [-0.25, -0.2) is 4.79 Å². The van der Waals surface area contributed by atoms with Crippen molar-refractivity contribution in [2.45, 2.75) is 64.1 Å². The second kappa shape index (κ2) is 9.81. The first-order valence-corrected chi connectivity index (χ1v) is 12.3. The summed E-state index contributed by atoms with van der Waals surface area (Å²) in [6, 6.07) is 4.79. The van der Waals surface area contributed by atoms with E-state index < -0.39 is 41.6 Å². The van der Waals surface area contributed by atoms with Gasteiger partial charge >= 0.3 is 18.4 Å². The fourth-order valence-corrected chi connectivity index (χ4v) is 5.50. The molecule has 4 rings (SSSR count). The predicted octanol–water partition coefficient (Wildman–Crippen LogP) is 6.50. The van der Waals surface area contributed by atoms with Gasteiger partial charge in [0, 0.05) is 26.6 Å². The quantitative estimate of drug-likeness (QED) is 0.417. The topological polar surface area (TPSA) is 43.9 Å². The Balaban J connectivity index is 1.70. The van der Waals surface area contributed by atoms with Crippen LogP contribution in [0.5, 0.6) is 0 Å². The fraction of sp³-hybridized carbons (Fsp3) is 0.481. The average Bonchev–Trinajstić information content (AvgIpc) is 3.21. The molecule has 2 saturated heterocycles. The van der Waals surface area contributed by atoms with Crippen molar-refractivity contribution in [3.8, 4) is 0 Å². The summed E-state index contributed by atoms with van der Waals surface area (Å²) in [4.78, 5) is 30.8. The Morgan fingerprint density at radius 1 is 0.974 bits per heavy atom. The first-order chi connectivity index (χ1) is 17.6. The van der Waals surface area contributed by atoms with Crippen molar-refractivity contribution in [3.05, 3.63) is 69.8 Å². The molecule has 5 nitrogen and oxygen atoms in total. The van der Waals surface area contributed by atoms with Crippen molar-refractivity contribution in [3.63, 3.8) is 0 Å². The van der Waals surface area contributed by atoms with E-state index in [0.29, 0.717) is 31.5 Å². The van der Waals surface area contributed by atoms with Crippen molar-refractivity contribution in [2.75, 3.05) is 20.1 Å². The van der Waals surface area contributed by atoms with Crippen LogP contribution in [0.3, 0.4) is 0 Å². The molecular formula is C27H29F6N3O2. The van der Waals surface area contributed by atoms with Gasteiger partial charge in [-0.3, -0.25) is 4.79 Å². The SMILES string of the molecule is Cc1ccc([C@H]2[C@@H]3CCC(=O)N3CCN2C(=O)N(C)[C@H](C)c2cc(C(F)(F)F)cc(C(F)(F)F)c2)c(C)c1. The predicted molar refractivity (Wildman–Crippen MR) is 128 cm³/mol. The molecule has 206 valence electrons. The molecule has 0 N–H and O–H groups in total. The summed E-state index contributed by atoms with van der Waals surface area (Å²) in [5, 5.41) is 0. The normalized spacial score (nSPS) is 20.9. The molecule has 0 radical (unpaired) electrons. The molecule has 2 aliphatic rings. The number of benzene rings is 2. The van der Waals surface area contributed by atoms with Crippen LogP contribution >= 0.6 is 0 Å². The van der Waals surface area contributed by atoms with Crippen molar-refractivity contribution >= 4 is 11.9 Å². The van der Waals surface area contributed by atoms with Crippen LogP contribution in [0.1, 0.15) is 65.2 Å². The molecule has 3 amide bonds. The smallest absolute Gasteiger partial charge is 0.335 e. The van der Waals surface area contributed by atoms with Crippen LogP contribution in [-0.4, -0.2) is 52.8 Å². The zero-order valence-corrected chi connectivity index (χ0v) is 21.5. The summed E-state index contributed by atoms with van der Waals surface area (Å²) in [6.07, 6.45) is -9.08. The molecule has 38 heavy (non-hydrogen) atoms. The van der Waals surface area contributed by atoms with Gasteiger partial charge in [-0.2, -0.15) is 26.3 Å². The number of aryl methyl sites for hydroxylation is 2. The molecule has 0 aromatic heterocycles. The lowest BCUT2D eigenvalue weighted by atomic mass is 9.90. The molecule has 0 spiro atoms. The molecule has 0 unspecified atom stereocenters. The number of amides is 3. The van der Waals surface area contributed by atoms with E-state index >= 15 is 0 Å². The maximum absolute atomic E-state index is 13.8. The van der Waals surface area contributed by atoms with Gasteiger partial charge in [-0.1, -0.05) is 23.8 Å². The van der Waals surface area contributed by atoms with Crippen LogP contribution in [-0.2, 0) is 17.1 Å². The number of carbonyl (C=O) groups is 2. The highest BCUT2D eigenvalue weighted by molar-refractivity contribution is 5.81. The third-order valence-corrected chi connectivity index (χ3v) is 7.62. The molecule has 2 aliphatic heterocycles. The number of urea groups is 1. The number of halogens is 6. The molecule has 3 atom stereocenters. The summed E-state index contributed by atoms with van der Waals surface area (Å²) in [6.45, 7) is 5.74. The summed E-state index contributed by atoms with van der Waals surface area (Å²) in [5.41, 5.74) is -0.330. The Bertz CT molecular complexity index is 1210. The summed E-state index contributed by atoms with van der Waals surface area (Å²) in [5.74, 6) is 0.00207. The molecule has 0 bridgehead atoms. The van der Waals surface area contributed by atoms with E-state index in [2.05, 4.69) is 0 Å². The van der Waals surface area contributed by atoms with Gasteiger partial charge in [0.1, 0.15) is 0 Å². The van der Waals surface area contributed by atoms with Gasteiger partial charge in [-0.15, -0.1) is 0 Å². The monoisotopic (exact) mass is 541 g/mol. The van der Waals surface area contributed by atoms with E-state index in [9.17, 15) is 35.9 Å². The van der Waals surface area contributed by atoms with Gasteiger partial charge in [0.25, 0.3) is 0 Å². The number of rotatable bonds is 3. The van der Waals surface area contributed by atoms with Crippen LogP contribution in [0, 0.1) is 13.8 Å². The Morgan fingerprint density at radius 2 is 1.58 bits per heavy atom. The van der Waals surface area contributed by atoms with Gasteiger partial charge in [0.2, 0.25) is 5.91 Å². The first kappa shape index (κ1) is 27.8. The minimum atomic E-state index is -4.99. The van der Waals surface area contributed by atoms with E-state index in [1.54, 1.807) is 9.80 Å². The van der Waals surface area contributed by atoms with Crippen molar-refractivity contribution in [1.82, 2.24) is 14.7 Å². The van der Waals surface area contributed by atoms with Crippen LogP contribution < -0.4 is 0 Å². The minimum absolute atomic E-state index is 0.00207. The van der Waals surface area contributed by atoms with Crippen LogP contribution in [0.25, 0.3) is 0 Å². The van der Waals surface area contributed by atoms with E-state index in [0.717, 1.165) is 16.7 Å². The summed E-state index contributed by atoms with van der Waals surface area (Å²) in [7, 11) is 1.37. The maximum Gasteiger partial charge on any atom is 0.416 e. The van der Waals surface area contributed by atoms with Crippen molar-refractivity contribution < 1.29 is 35.9 Å². The highest BCUT2D eigenvalue weighted by Crippen LogP contribution is 2.41. The molecule has 2 fully saturated rings. The van der Waals surface area contributed by atoms with E-state index in [4.69, 9.17) is 0 Å². The third-order valence-electron chi connectivity index (χ3n) is 7.62. The Labute approximate surface area is 217 Å². The van der Waals surface area contributed by atoms with E-state index in [-0.39, 0.29) is 30.1 Å². The minimum Gasteiger partial charge on any atom is -0.335 e. The number of hydrogen-bond donors (Lipinski definition) is 0. The number of alkyl halides is 6. The third kappa shape index (κ3) is 5.19. The van der Waals surface area contributed by atoms with Crippen LogP contribution in [0.4, 0.5) is 31.1 Å². The summed E-state index contributed by atoms with van der Waals surface area (Å²) < 4.78 is 80.5. The second-order valence-corrected chi connectivity index (χ2v) is 10.1. The zero-order valence-electron chi connectivity index (χ0n) is 21.5. The lowest BCUT2D eigenvalue weighted by Crippen LogP contribution is -2.57. The zero-order chi connectivity index (χ0) is 28.2. The highest BCUT2D eigenvalue weighted by atomic mass is 19.4. The van der Waals surface area contributed by atoms with Gasteiger partial charge < -0.3 is 14.7 Å². The molecule has 2 aromatic carbocycles. The molecule has 2 heterocycles. The van der Waals surface area contributed by atoms with E-state index in [1.165, 1.54) is 18.9 Å². The molecule has 0 saturated carbocycles. The van der Waals surface area contributed by atoms with Crippen molar-refractivity contribution in [1.29, 1.82) is 0 Å². The average molecular weight is 542 g/mol. The number of piperazine rings is 1. The number of hydrogen-bond acceptors (Lipinski definition) is 2. The lowest BCUT2D eigenvalue weighted by molar-refractivity contribution is -0.143. The molecule has 11 heteroatoms. The fourth-order valence-electron chi connectivity index (χ4n) is 5.50. The Kier molecular flexibility index (Phi) is 7.18. The van der Waals surface area contributed by atoms with Gasteiger partial charge in [0.15, 0.2) is 0 Å². The maximum atomic E-state index is 13.8. The van der Waals surface area contributed by atoms with Crippen LogP contribution in [0.2, 0.25) is 0 Å². The lowest BCUT2D eigenvalue weighted by Gasteiger charge is -2.47. The summed E-state index contributed by atoms with van der Waals surface area (Å²) >= 11 is 0. The first-order valence-electron chi connectivity index (χ1n) is 12.3. The Morgan fingerprint density at radius 3 is 2.13 bits per heavy atom. The molecular weight excluding hydrogens is 512 g/mol. The number of fused-ring (bicyclic) bond motifs is 1. The second-order valence-electron chi connectivity index (χ2n) is 10.1. The highest BCUT2D eigenvalue weighted by Gasteiger charge is 2.46. The Hall–Kier alpha value is -3.24. The molecule has 2 aromatic rings. The van der Waals surface area contributed by atoms with E-state index in [1.807, 2.05) is 32.0 Å². The van der Waals surface area contributed by atoms with Gasteiger partial charge in [-0.05, 0) is 62.1 Å². The molecule has 0 aliphatic carbocycles. The largest absolute Gasteiger partial charge is 0.416 e.